The van der Waals surface area contributed by atoms with Crippen LogP contribution in [0.4, 0.5) is 0 Å². The van der Waals surface area contributed by atoms with E-state index < -0.39 is 13.9 Å². The van der Waals surface area contributed by atoms with Crippen LogP contribution in [0.3, 0.4) is 0 Å². The number of piperidine rings is 2. The van der Waals surface area contributed by atoms with Crippen molar-refractivity contribution in [3.63, 3.8) is 0 Å². The predicted molar refractivity (Wildman–Crippen MR) is 157 cm³/mol. The lowest BCUT2D eigenvalue weighted by atomic mass is 9.58. The van der Waals surface area contributed by atoms with Gasteiger partial charge in [0.1, 0.15) is 5.54 Å². The summed E-state index contributed by atoms with van der Waals surface area (Å²) in [6.07, 6.45) is 3.18. The number of hydrogen-bond donors (Lipinski definition) is 2. The summed E-state index contributed by atoms with van der Waals surface area (Å²) in [4.78, 5) is 16.8. The lowest BCUT2D eigenvalue weighted by molar-refractivity contribution is -0.138. The molecule has 0 radical (unpaired) electrons. The second-order valence-corrected chi connectivity index (χ2v) is 18.2. The Bertz CT molecular complexity index is 1090. The number of carbonyl (C=O) groups excluding carboxylic acids is 1. The minimum absolute atomic E-state index is 0.187. The van der Waals surface area contributed by atoms with Crippen molar-refractivity contribution in [1.82, 2.24) is 15.5 Å². The molecule has 2 aromatic rings. The number of fused-ring (bicyclic) bond motifs is 1. The minimum atomic E-state index is -1.81. The third-order valence-corrected chi connectivity index (χ3v) is 14.7. The van der Waals surface area contributed by atoms with Crippen LogP contribution in [-0.2, 0) is 22.2 Å². The smallest absolute Gasteiger partial charge is 0.242 e. The molecule has 4 bridgehead atoms. The summed E-state index contributed by atoms with van der Waals surface area (Å²) < 4.78 is 6.67. The van der Waals surface area contributed by atoms with Crippen LogP contribution in [0, 0.1) is 17.8 Å². The first-order chi connectivity index (χ1) is 18.1. The van der Waals surface area contributed by atoms with Crippen molar-refractivity contribution in [3.05, 3.63) is 71.8 Å². The number of likely N-dealkylation sites (tertiary alicyclic amines) is 1. The maximum Gasteiger partial charge on any atom is 0.242 e. The highest BCUT2D eigenvalue weighted by Crippen LogP contribution is 2.53. The van der Waals surface area contributed by atoms with Crippen molar-refractivity contribution in [2.24, 2.45) is 17.8 Å². The molecule has 2 aromatic carbocycles. The third-order valence-electron chi connectivity index (χ3n) is 10.1. The Hall–Kier alpha value is -1.99. The molecule has 38 heavy (non-hydrogen) atoms. The van der Waals surface area contributed by atoms with Crippen molar-refractivity contribution < 1.29 is 9.22 Å². The first kappa shape index (κ1) is 27.6. The maximum atomic E-state index is 14.1. The van der Waals surface area contributed by atoms with Crippen LogP contribution in [0.15, 0.2) is 60.7 Å². The van der Waals surface area contributed by atoms with Gasteiger partial charge in [-0.15, -0.1) is 0 Å². The number of nitrogens with one attached hydrogen (secondary N) is 2. The zero-order chi connectivity index (χ0) is 27.0. The number of carbonyl (C=O) groups is 1. The van der Waals surface area contributed by atoms with Gasteiger partial charge in [0.25, 0.3) is 0 Å². The van der Waals surface area contributed by atoms with Crippen LogP contribution in [0.5, 0.6) is 0 Å². The van der Waals surface area contributed by atoms with E-state index in [0.29, 0.717) is 24.3 Å². The van der Waals surface area contributed by atoms with Crippen molar-refractivity contribution >= 4 is 14.2 Å². The maximum absolute atomic E-state index is 14.1. The van der Waals surface area contributed by atoms with Gasteiger partial charge in [0.2, 0.25) is 5.91 Å². The molecule has 0 spiro atoms. The fourth-order valence-corrected chi connectivity index (χ4v) is 8.11. The van der Waals surface area contributed by atoms with Gasteiger partial charge in [0.05, 0.1) is 0 Å². The summed E-state index contributed by atoms with van der Waals surface area (Å²) >= 11 is 0. The Morgan fingerprint density at radius 1 is 1.08 bits per heavy atom. The second-order valence-electron chi connectivity index (χ2n) is 13.3. The molecule has 6 rings (SSSR count). The van der Waals surface area contributed by atoms with Gasteiger partial charge >= 0.3 is 0 Å². The molecule has 0 aromatic heterocycles. The highest BCUT2D eigenvalue weighted by molar-refractivity contribution is 6.74. The van der Waals surface area contributed by atoms with Crippen LogP contribution in [0.2, 0.25) is 18.1 Å². The second kappa shape index (κ2) is 10.9. The Morgan fingerprint density at radius 3 is 2.39 bits per heavy atom. The average molecular weight is 534 g/mol. The summed E-state index contributed by atoms with van der Waals surface area (Å²) in [6, 6.07) is 21.3. The van der Waals surface area contributed by atoms with E-state index in [1.54, 1.807) is 0 Å². The topological polar surface area (TPSA) is 53.6 Å². The molecule has 4 aliphatic rings. The van der Waals surface area contributed by atoms with E-state index in [0.717, 1.165) is 51.1 Å². The molecule has 4 fully saturated rings. The summed E-state index contributed by atoms with van der Waals surface area (Å²) in [5.74, 6) is 1.62. The number of rotatable bonds is 10. The van der Waals surface area contributed by atoms with Crippen molar-refractivity contribution in [2.75, 3.05) is 26.2 Å². The highest BCUT2D eigenvalue weighted by Gasteiger charge is 2.67. The summed E-state index contributed by atoms with van der Waals surface area (Å²) in [6.45, 7) is 15.9. The van der Waals surface area contributed by atoms with Gasteiger partial charge < -0.3 is 15.1 Å². The molecule has 206 valence electrons. The van der Waals surface area contributed by atoms with Crippen LogP contribution < -0.4 is 10.6 Å². The van der Waals surface area contributed by atoms with Crippen LogP contribution in [0.1, 0.15) is 44.7 Å². The van der Waals surface area contributed by atoms with E-state index in [4.69, 9.17) is 4.43 Å². The molecule has 2 N–H and O–H groups in total. The molecule has 3 heterocycles. The largest absolute Gasteiger partial charge is 0.417 e. The van der Waals surface area contributed by atoms with Gasteiger partial charge in [-0.05, 0) is 66.9 Å². The fourth-order valence-electron chi connectivity index (χ4n) is 7.05. The summed E-state index contributed by atoms with van der Waals surface area (Å²) in [7, 11) is -1.81. The molecule has 1 saturated carbocycles. The zero-order valence-electron chi connectivity index (χ0n) is 24.0. The number of nitrogens with zero attached hydrogens (tertiary/aromatic N) is 1. The van der Waals surface area contributed by atoms with E-state index in [9.17, 15) is 4.79 Å². The van der Waals surface area contributed by atoms with Crippen molar-refractivity contribution in [1.29, 1.82) is 0 Å². The average Bonchev–Trinajstić information content (AvgIpc) is 3.16. The molecule has 0 unspecified atom stereocenters. The van der Waals surface area contributed by atoms with Crippen LogP contribution in [-0.4, -0.2) is 56.9 Å². The van der Waals surface area contributed by atoms with Crippen molar-refractivity contribution in [3.8, 4) is 0 Å². The molecule has 5 nitrogen and oxygen atoms in total. The normalized spacial score (nSPS) is 29.0. The monoisotopic (exact) mass is 533 g/mol. The van der Waals surface area contributed by atoms with Gasteiger partial charge in [-0.25, -0.2) is 0 Å². The first-order valence-electron chi connectivity index (χ1n) is 14.6. The van der Waals surface area contributed by atoms with E-state index >= 15 is 0 Å². The zero-order valence-corrected chi connectivity index (χ0v) is 25.0. The molecule has 3 saturated heterocycles. The van der Waals surface area contributed by atoms with E-state index in [1.807, 2.05) is 18.2 Å². The molecule has 3 aliphatic heterocycles. The minimum Gasteiger partial charge on any atom is -0.417 e. The van der Waals surface area contributed by atoms with Crippen molar-refractivity contribution in [2.45, 2.75) is 76.3 Å². The standard InChI is InChI=1S/C32H47N3O2Si/c1-31(2,3)38(4,5)37-19-17-28-26-20-27-23-35(18-16-24-12-8-6-9-13-24)29(28)32(27,34-22-26)30(36)33-21-25-14-10-7-11-15-25/h6-15,26-29,34H,16-23H2,1-5H3,(H,33,36)/t26-,27+,28-,29+,32+/m1/s1. The number of hydrogen-bond acceptors (Lipinski definition) is 4. The Balaban J connectivity index is 1.36. The summed E-state index contributed by atoms with van der Waals surface area (Å²) in [5.41, 5.74) is 2.00. The Morgan fingerprint density at radius 2 is 1.74 bits per heavy atom. The summed E-state index contributed by atoms with van der Waals surface area (Å²) in [5, 5.41) is 7.39. The first-order valence-corrected chi connectivity index (χ1v) is 17.5. The van der Waals surface area contributed by atoms with E-state index in [1.165, 1.54) is 5.56 Å². The predicted octanol–water partition coefficient (Wildman–Crippen LogP) is 5.24. The SMILES string of the molecule is CC(C)(C)[Si](C)(C)OCC[C@@H]1[C@H]2CN[C@@]3(C(=O)NCc4ccccc4)[C@@H](C2)CN(CCc2ccccc2)[C@@H]13. The van der Waals surface area contributed by atoms with Gasteiger partial charge in [0.15, 0.2) is 8.32 Å². The lowest BCUT2D eigenvalue weighted by Crippen LogP contribution is -2.76. The lowest BCUT2D eigenvalue weighted by Gasteiger charge is -2.56. The number of benzene rings is 2. The fraction of sp³-hybridized carbons (Fsp3) is 0.594. The van der Waals surface area contributed by atoms with Gasteiger partial charge in [-0.3, -0.25) is 9.69 Å². The Labute approximate surface area is 230 Å². The van der Waals surface area contributed by atoms with Crippen LogP contribution in [0.25, 0.3) is 0 Å². The Kier molecular flexibility index (Phi) is 7.89. The molecule has 1 aliphatic carbocycles. The molecular weight excluding hydrogens is 486 g/mol. The molecule has 1 amide bonds. The number of amides is 1. The molecular formula is C32H47N3O2Si. The third kappa shape index (κ3) is 5.25. The highest BCUT2D eigenvalue weighted by atomic mass is 28.4. The quantitative estimate of drug-likeness (QED) is 0.411. The van der Waals surface area contributed by atoms with Gasteiger partial charge in [-0.1, -0.05) is 81.4 Å². The van der Waals surface area contributed by atoms with E-state index in [-0.39, 0.29) is 17.0 Å². The van der Waals surface area contributed by atoms with Gasteiger partial charge in [-0.2, -0.15) is 0 Å². The van der Waals surface area contributed by atoms with E-state index in [2.05, 4.69) is 91.9 Å². The van der Waals surface area contributed by atoms with Crippen LogP contribution >= 0.6 is 0 Å². The van der Waals surface area contributed by atoms with Gasteiger partial charge in [0, 0.05) is 38.2 Å². The molecule has 5 atom stereocenters. The molecule has 6 heteroatoms.